The summed E-state index contributed by atoms with van der Waals surface area (Å²) < 4.78 is 13.1. The van der Waals surface area contributed by atoms with Gasteiger partial charge in [0.05, 0.1) is 0 Å². The summed E-state index contributed by atoms with van der Waals surface area (Å²) in [5.41, 5.74) is 2.47. The highest BCUT2D eigenvalue weighted by Gasteiger charge is 2.22. The Morgan fingerprint density at radius 2 is 1.02 bits per heavy atom. The van der Waals surface area contributed by atoms with Crippen LogP contribution in [0.25, 0.3) is 20.5 Å². The molecule has 6 rings (SSSR count). The van der Waals surface area contributed by atoms with Gasteiger partial charge in [0, 0.05) is 39.2 Å². The first-order chi connectivity index (χ1) is 24.5. The summed E-state index contributed by atoms with van der Waals surface area (Å²) in [5.74, 6) is -5.58. The second-order valence-electron chi connectivity index (χ2n) is 11.7. The molecule has 4 N–H and O–H groups in total. The minimum Gasteiger partial charge on any atom is -0.492 e. The van der Waals surface area contributed by atoms with Crippen LogP contribution in [-0.2, 0) is 19.2 Å². The van der Waals surface area contributed by atoms with E-state index in [1.165, 1.54) is 51.9 Å². The van der Waals surface area contributed by atoms with Gasteiger partial charge in [-0.3, -0.25) is 14.6 Å². The molecule has 270 valence electrons. The molecule has 3 heterocycles. The van der Waals surface area contributed by atoms with Crippen molar-refractivity contribution in [2.24, 2.45) is 0 Å². The van der Waals surface area contributed by atoms with E-state index in [9.17, 15) is 4.79 Å². The van der Waals surface area contributed by atoms with Gasteiger partial charge in [0.2, 0.25) is 0 Å². The number of hydrogen-bond donors (Lipinski definition) is 4. The summed E-state index contributed by atoms with van der Waals surface area (Å²) in [4.78, 5) is 56.2. The Labute approximate surface area is 298 Å². The van der Waals surface area contributed by atoms with Gasteiger partial charge in [0.25, 0.3) is 0 Å². The third-order valence-electron chi connectivity index (χ3n) is 8.17. The number of carboxylic acids is 4. The summed E-state index contributed by atoms with van der Waals surface area (Å²) in [6.07, 6.45) is 5.16. The number of carboxylic acid groups (broad SMARTS) is 4. The molecule has 13 nitrogen and oxygen atoms in total. The second-order valence-corrected chi connectivity index (χ2v) is 12.7. The van der Waals surface area contributed by atoms with Crippen LogP contribution < -0.4 is 9.47 Å². The number of rotatable bonds is 11. The predicted octanol–water partition coefficient (Wildman–Crippen LogP) is 5.06. The van der Waals surface area contributed by atoms with Gasteiger partial charge in [-0.25, -0.2) is 19.2 Å². The lowest BCUT2D eigenvalue weighted by Crippen LogP contribution is -2.25. The van der Waals surface area contributed by atoms with Crippen LogP contribution in [0.1, 0.15) is 41.6 Å². The quantitative estimate of drug-likeness (QED) is 0.119. The lowest BCUT2D eigenvalue weighted by Gasteiger charge is -2.15. The third-order valence-corrected chi connectivity index (χ3v) is 9.39. The van der Waals surface area contributed by atoms with Crippen molar-refractivity contribution in [3.8, 4) is 21.9 Å². The monoisotopic (exact) mass is 720 g/mol. The number of hydrogen-bond acceptors (Lipinski definition) is 10. The minimum absolute atomic E-state index is 0.0389. The Bertz CT molecular complexity index is 1750. The van der Waals surface area contributed by atoms with Crippen LogP contribution in [0.4, 0.5) is 0 Å². The van der Waals surface area contributed by atoms with Crippen molar-refractivity contribution < 1.29 is 53.9 Å². The van der Waals surface area contributed by atoms with Crippen LogP contribution in [0.15, 0.2) is 72.8 Å². The van der Waals surface area contributed by atoms with Crippen molar-refractivity contribution in [2.75, 3.05) is 52.5 Å². The first kappa shape index (κ1) is 38.5. The Morgan fingerprint density at radius 1 is 0.588 bits per heavy atom. The van der Waals surface area contributed by atoms with Crippen molar-refractivity contribution in [3.05, 3.63) is 83.9 Å². The fourth-order valence-corrected chi connectivity index (χ4v) is 6.83. The normalized spacial score (nSPS) is 14.1. The van der Waals surface area contributed by atoms with Crippen LogP contribution >= 0.6 is 11.3 Å². The van der Waals surface area contributed by atoms with Crippen molar-refractivity contribution >= 4 is 51.1 Å². The van der Waals surface area contributed by atoms with Gasteiger partial charge in [0.1, 0.15) is 24.7 Å². The van der Waals surface area contributed by atoms with Gasteiger partial charge in [0.15, 0.2) is 5.78 Å². The van der Waals surface area contributed by atoms with E-state index < -0.39 is 23.9 Å². The Balaban J connectivity index is 0.000000420. The first-order valence-corrected chi connectivity index (χ1v) is 17.2. The van der Waals surface area contributed by atoms with Gasteiger partial charge in [-0.1, -0.05) is 18.2 Å². The fraction of sp³-hybridized carbons (Fsp3) is 0.324. The van der Waals surface area contributed by atoms with Gasteiger partial charge in [-0.05, 0) is 112 Å². The van der Waals surface area contributed by atoms with E-state index in [-0.39, 0.29) is 5.78 Å². The average Bonchev–Trinajstić information content (AvgIpc) is 3.91. The number of ketones is 1. The lowest BCUT2D eigenvalue weighted by molar-refractivity contribution is -0.159. The molecule has 0 radical (unpaired) electrons. The van der Waals surface area contributed by atoms with Crippen molar-refractivity contribution in [1.82, 2.24) is 9.80 Å². The summed E-state index contributed by atoms with van der Waals surface area (Å²) >= 11 is 1.67. The van der Waals surface area contributed by atoms with Gasteiger partial charge in [-0.2, -0.15) is 0 Å². The molecule has 0 unspecified atom stereocenters. The molecule has 0 saturated carbocycles. The zero-order valence-electron chi connectivity index (χ0n) is 27.9. The highest BCUT2D eigenvalue weighted by molar-refractivity contribution is 7.22. The fourth-order valence-electron chi connectivity index (χ4n) is 5.62. The topological polar surface area (TPSA) is 191 Å². The van der Waals surface area contributed by atoms with Crippen LogP contribution in [0.2, 0.25) is 0 Å². The van der Waals surface area contributed by atoms with E-state index in [2.05, 4.69) is 28.0 Å². The Kier molecular flexibility index (Phi) is 14.5. The number of carbonyl (C=O) groups is 5. The summed E-state index contributed by atoms with van der Waals surface area (Å²) in [5, 5.41) is 30.6. The number of aliphatic carboxylic acids is 4. The van der Waals surface area contributed by atoms with E-state index in [0.717, 1.165) is 50.7 Å². The number of thiophene rings is 1. The van der Waals surface area contributed by atoms with Crippen molar-refractivity contribution in [1.29, 1.82) is 0 Å². The number of carbonyl (C=O) groups excluding carboxylic acids is 1. The highest BCUT2D eigenvalue weighted by atomic mass is 32.1. The third kappa shape index (κ3) is 11.6. The van der Waals surface area contributed by atoms with Crippen LogP contribution in [-0.4, -0.2) is 112 Å². The molecule has 0 atom stereocenters. The van der Waals surface area contributed by atoms with Gasteiger partial charge in [-0.15, -0.1) is 11.3 Å². The lowest BCUT2D eigenvalue weighted by atomic mass is 9.97. The predicted molar refractivity (Wildman–Crippen MR) is 190 cm³/mol. The number of benzene rings is 3. The summed E-state index contributed by atoms with van der Waals surface area (Å²) in [6.45, 7) is 7.99. The zero-order valence-corrected chi connectivity index (χ0v) is 28.7. The standard InChI is InChI=1S/C33H36N2O3S.2C2H2O4/c36-32(25-9-13-27(14-10-25)37-23-21-34-17-3-4-18-34)31-29-7-1-2-8-30(29)39-33(31)26-11-15-28(16-12-26)38-24-22-35-19-5-6-20-35;2*3-1(4)2(5)6/h1-2,7-16H,3-6,17-24H2;2*(H,3,4)(H,5,6). The van der Waals surface area contributed by atoms with Crippen LogP contribution in [0.5, 0.6) is 11.5 Å². The van der Waals surface area contributed by atoms with E-state index >= 15 is 0 Å². The smallest absolute Gasteiger partial charge is 0.414 e. The summed E-state index contributed by atoms with van der Waals surface area (Å²) in [7, 11) is 0. The molecule has 2 aliphatic rings. The number of nitrogens with zero attached hydrogens (tertiary/aromatic N) is 2. The number of likely N-dealkylation sites (tertiary alicyclic amines) is 2. The van der Waals surface area contributed by atoms with Crippen molar-refractivity contribution in [3.63, 3.8) is 0 Å². The maximum atomic E-state index is 13.9. The molecule has 14 heteroatoms. The Hall–Kier alpha value is -5.31. The van der Waals surface area contributed by atoms with Crippen LogP contribution in [0, 0.1) is 0 Å². The molecule has 0 spiro atoms. The van der Waals surface area contributed by atoms with Crippen LogP contribution in [0.3, 0.4) is 0 Å². The molecule has 0 aliphatic carbocycles. The molecule has 2 fully saturated rings. The number of ether oxygens (including phenoxy) is 2. The molecule has 0 bridgehead atoms. The van der Waals surface area contributed by atoms with E-state index in [1.807, 2.05) is 54.6 Å². The largest absolute Gasteiger partial charge is 0.492 e. The van der Waals surface area contributed by atoms with E-state index in [0.29, 0.717) is 18.8 Å². The molecular weight excluding hydrogens is 680 g/mol. The first-order valence-electron chi connectivity index (χ1n) is 16.4. The van der Waals surface area contributed by atoms with E-state index in [1.54, 1.807) is 11.3 Å². The SMILES string of the molecule is O=C(O)C(=O)O.O=C(O)C(=O)O.O=C(c1ccc(OCCN2CCCC2)cc1)c1c(-c2ccc(OCCN3CCCC3)cc2)sc2ccccc12. The minimum atomic E-state index is -1.82. The molecule has 2 aliphatic heterocycles. The number of fused-ring (bicyclic) bond motifs is 1. The zero-order chi connectivity index (χ0) is 36.8. The van der Waals surface area contributed by atoms with E-state index in [4.69, 9.17) is 49.1 Å². The molecule has 4 aromatic rings. The Morgan fingerprint density at radius 3 is 1.47 bits per heavy atom. The van der Waals surface area contributed by atoms with Crippen molar-refractivity contribution in [2.45, 2.75) is 25.7 Å². The van der Waals surface area contributed by atoms with Gasteiger partial charge < -0.3 is 29.9 Å². The summed E-state index contributed by atoms with van der Waals surface area (Å²) in [6, 6.07) is 24.0. The molecular formula is C37H40N2O11S. The molecule has 2 saturated heterocycles. The maximum absolute atomic E-state index is 13.9. The maximum Gasteiger partial charge on any atom is 0.414 e. The molecule has 0 amide bonds. The highest BCUT2D eigenvalue weighted by Crippen LogP contribution is 2.40. The molecule has 51 heavy (non-hydrogen) atoms. The average molecular weight is 721 g/mol. The van der Waals surface area contributed by atoms with Gasteiger partial charge >= 0.3 is 23.9 Å². The molecule has 1 aromatic heterocycles. The molecule has 3 aromatic carbocycles. The second kappa shape index (κ2) is 19.2.